The smallest absolute Gasteiger partial charge is 0.212 e. The molecule has 2 rings (SSSR count). The molecule has 0 amide bonds. The molecule has 0 spiro atoms. The molecule has 1 N–H and O–H groups in total. The second-order valence-corrected chi connectivity index (χ2v) is 6.59. The predicted octanol–water partition coefficient (Wildman–Crippen LogP) is 5.44. The van der Waals surface area contributed by atoms with Crippen molar-refractivity contribution in [2.24, 2.45) is 0 Å². The maximum Gasteiger partial charge on any atom is 0.212 e. The molecule has 0 bridgehead atoms. The fourth-order valence-electron chi connectivity index (χ4n) is 2.05. The van der Waals surface area contributed by atoms with Crippen molar-refractivity contribution in [2.75, 3.05) is 11.9 Å². The first-order valence-corrected chi connectivity index (χ1v) is 8.73. The number of carbonyl (C=O) groups excluding carboxylic acids is 1. The van der Waals surface area contributed by atoms with Gasteiger partial charge in [0.25, 0.3) is 0 Å². The van der Waals surface area contributed by atoms with Gasteiger partial charge in [-0.2, -0.15) is 0 Å². The zero-order valence-electron chi connectivity index (χ0n) is 12.8. The number of allylic oxidation sites excluding steroid dienone is 1. The average molecular weight is 427 g/mol. The summed E-state index contributed by atoms with van der Waals surface area (Å²) in [7, 11) is 0. The maximum atomic E-state index is 12.5. The molecule has 0 heterocycles. The highest BCUT2D eigenvalue weighted by Gasteiger charge is 2.11. The van der Waals surface area contributed by atoms with Crippen LogP contribution in [0.1, 0.15) is 22.8 Å². The normalized spacial score (nSPS) is 10.8. The molecule has 0 fully saturated rings. The van der Waals surface area contributed by atoms with Crippen molar-refractivity contribution in [1.29, 1.82) is 0 Å². The summed E-state index contributed by atoms with van der Waals surface area (Å²) in [5.41, 5.74) is 0.698. The molecule has 0 saturated heterocycles. The Morgan fingerprint density at radius 2 is 2.00 bits per heavy atom. The van der Waals surface area contributed by atoms with Crippen LogP contribution in [0.4, 0.5) is 5.69 Å². The van der Waals surface area contributed by atoms with Crippen molar-refractivity contribution >= 4 is 56.7 Å². The van der Waals surface area contributed by atoms with Crippen LogP contribution in [0.2, 0.25) is 10.0 Å². The molecule has 124 valence electrons. The Morgan fingerprint density at radius 3 is 2.71 bits per heavy atom. The van der Waals surface area contributed by atoms with Crippen LogP contribution in [0.5, 0.6) is 0 Å². The molecule has 0 radical (unpaired) electrons. The molecule has 0 aliphatic rings. The first kappa shape index (κ1) is 18.7. The monoisotopic (exact) mass is 425 g/mol. The van der Waals surface area contributed by atoms with Crippen LogP contribution in [0.3, 0.4) is 0 Å². The van der Waals surface area contributed by atoms with E-state index in [9.17, 15) is 9.59 Å². The topological polar surface area (TPSA) is 46.2 Å². The number of ketones is 1. The molecular weight excluding hydrogens is 413 g/mol. The molecule has 0 unspecified atom stereocenters. The van der Waals surface area contributed by atoms with Gasteiger partial charge in [-0.3, -0.25) is 9.59 Å². The third kappa shape index (κ3) is 4.47. The largest absolute Gasteiger partial charge is 0.382 e. The van der Waals surface area contributed by atoms with Crippen molar-refractivity contribution in [3.05, 3.63) is 78.3 Å². The highest BCUT2D eigenvalue weighted by molar-refractivity contribution is 9.10. The van der Waals surface area contributed by atoms with E-state index in [4.69, 9.17) is 23.2 Å². The summed E-state index contributed by atoms with van der Waals surface area (Å²) in [6.07, 6.45) is 2.86. The molecule has 24 heavy (non-hydrogen) atoms. The summed E-state index contributed by atoms with van der Waals surface area (Å²) in [5, 5.41) is 3.72. The van der Waals surface area contributed by atoms with Gasteiger partial charge in [-0.25, -0.2) is 0 Å². The molecule has 0 atom stereocenters. The van der Waals surface area contributed by atoms with Gasteiger partial charge in [0.15, 0.2) is 5.78 Å². The van der Waals surface area contributed by atoms with Gasteiger partial charge in [0.2, 0.25) is 5.43 Å². The zero-order valence-corrected chi connectivity index (χ0v) is 15.9. The fraction of sp³-hybridized carbons (Fsp3) is 0.111. The van der Waals surface area contributed by atoms with Crippen molar-refractivity contribution < 1.29 is 4.79 Å². The summed E-state index contributed by atoms with van der Waals surface area (Å²) < 4.78 is 0.640. The Hall–Kier alpha value is -1.62. The van der Waals surface area contributed by atoms with Crippen molar-refractivity contribution in [1.82, 2.24) is 0 Å². The van der Waals surface area contributed by atoms with Crippen molar-refractivity contribution in [2.45, 2.75) is 6.92 Å². The van der Waals surface area contributed by atoms with Crippen LogP contribution in [0, 0.1) is 0 Å². The minimum atomic E-state index is -0.410. The molecule has 2 aromatic carbocycles. The van der Waals surface area contributed by atoms with Crippen LogP contribution in [-0.2, 0) is 0 Å². The molecule has 0 saturated carbocycles. The summed E-state index contributed by atoms with van der Waals surface area (Å²) in [6, 6.07) is 10.0. The van der Waals surface area contributed by atoms with E-state index in [-0.39, 0.29) is 11.0 Å². The molecule has 6 heteroatoms. The lowest BCUT2D eigenvalue weighted by molar-refractivity contribution is 0.104. The van der Waals surface area contributed by atoms with Crippen LogP contribution >= 0.6 is 39.1 Å². The Kier molecular flexibility index (Phi) is 6.60. The van der Waals surface area contributed by atoms with E-state index in [0.29, 0.717) is 32.3 Å². The minimum absolute atomic E-state index is 0.0669. The standard InChI is InChI=1S/C18H14BrCl2NO2/c1-2-22-15-8-7-12(19)10-13(18(15)24)16(23)9-6-11-4-3-5-14(20)17(11)21/h3-10H,2H2,1H3,(H,22,24)/b9-6-. The Labute approximate surface area is 158 Å². The lowest BCUT2D eigenvalue weighted by Crippen LogP contribution is -2.15. The molecule has 0 aliphatic heterocycles. The van der Waals surface area contributed by atoms with E-state index in [1.165, 1.54) is 12.1 Å². The van der Waals surface area contributed by atoms with Gasteiger partial charge < -0.3 is 5.32 Å². The van der Waals surface area contributed by atoms with E-state index in [1.807, 2.05) is 6.92 Å². The van der Waals surface area contributed by atoms with E-state index in [2.05, 4.69) is 21.2 Å². The summed E-state index contributed by atoms with van der Waals surface area (Å²) >= 11 is 15.4. The zero-order chi connectivity index (χ0) is 17.7. The quantitative estimate of drug-likeness (QED) is 0.511. The predicted molar refractivity (Wildman–Crippen MR) is 104 cm³/mol. The molecule has 0 aliphatic carbocycles. The number of benzene rings is 1. The number of halogens is 3. The second-order valence-electron chi connectivity index (χ2n) is 4.89. The lowest BCUT2D eigenvalue weighted by atomic mass is 10.1. The Bertz CT molecular complexity index is 866. The number of carbonyl (C=O) groups is 1. The third-order valence-electron chi connectivity index (χ3n) is 3.21. The van der Waals surface area contributed by atoms with Crippen LogP contribution in [0.15, 0.2) is 51.7 Å². The summed E-state index contributed by atoms with van der Waals surface area (Å²) in [6.45, 7) is 2.46. The molecular formula is C18H14BrCl2NO2. The first-order chi connectivity index (χ1) is 11.4. The summed E-state index contributed by atoms with van der Waals surface area (Å²) in [4.78, 5) is 25.0. The summed E-state index contributed by atoms with van der Waals surface area (Å²) in [5.74, 6) is -0.410. The van der Waals surface area contributed by atoms with Gasteiger partial charge >= 0.3 is 0 Å². The molecule has 3 nitrogen and oxygen atoms in total. The van der Waals surface area contributed by atoms with E-state index >= 15 is 0 Å². The van der Waals surface area contributed by atoms with Crippen LogP contribution in [-0.4, -0.2) is 12.3 Å². The molecule has 0 aromatic heterocycles. The van der Waals surface area contributed by atoms with Crippen molar-refractivity contribution in [3.8, 4) is 0 Å². The van der Waals surface area contributed by atoms with Gasteiger partial charge in [0.05, 0.1) is 21.3 Å². The lowest BCUT2D eigenvalue weighted by Gasteiger charge is -2.00. The Balaban J connectivity index is 2.43. The second kappa shape index (κ2) is 8.47. The third-order valence-corrected chi connectivity index (χ3v) is 4.54. The number of nitrogens with one attached hydrogen (secondary N) is 1. The number of hydrogen-bond donors (Lipinski definition) is 1. The highest BCUT2D eigenvalue weighted by Crippen LogP contribution is 2.26. The van der Waals surface area contributed by atoms with Crippen molar-refractivity contribution in [3.63, 3.8) is 0 Å². The molecule has 2 aromatic rings. The van der Waals surface area contributed by atoms with Gasteiger partial charge in [0.1, 0.15) is 0 Å². The van der Waals surface area contributed by atoms with Gasteiger partial charge in [-0.05, 0) is 48.9 Å². The fourth-order valence-corrected chi connectivity index (χ4v) is 2.78. The van der Waals surface area contributed by atoms with E-state index in [0.717, 1.165) is 0 Å². The van der Waals surface area contributed by atoms with Gasteiger partial charge in [-0.1, -0.05) is 51.3 Å². The van der Waals surface area contributed by atoms with Gasteiger partial charge in [-0.15, -0.1) is 0 Å². The number of hydrogen-bond acceptors (Lipinski definition) is 3. The number of rotatable bonds is 5. The number of anilines is 1. The van der Waals surface area contributed by atoms with Crippen LogP contribution in [0.25, 0.3) is 6.08 Å². The minimum Gasteiger partial charge on any atom is -0.382 e. The first-order valence-electron chi connectivity index (χ1n) is 7.18. The van der Waals surface area contributed by atoms with E-state index in [1.54, 1.807) is 36.4 Å². The Morgan fingerprint density at radius 1 is 1.25 bits per heavy atom. The van der Waals surface area contributed by atoms with Crippen LogP contribution < -0.4 is 10.7 Å². The maximum absolute atomic E-state index is 12.5. The van der Waals surface area contributed by atoms with Gasteiger partial charge in [0, 0.05) is 11.0 Å². The van der Waals surface area contributed by atoms with E-state index < -0.39 is 5.78 Å². The average Bonchev–Trinajstić information content (AvgIpc) is 2.69. The highest BCUT2D eigenvalue weighted by atomic mass is 79.9. The SMILES string of the molecule is CCNc1ccc(Br)cc(C(=O)/C=C\c2cccc(Cl)c2Cl)c1=O.